The molecule has 0 aliphatic carbocycles. The summed E-state index contributed by atoms with van der Waals surface area (Å²) in [4.78, 5) is 13.0. The molecule has 1 aliphatic rings. The van der Waals surface area contributed by atoms with E-state index in [-0.39, 0.29) is 5.78 Å². The molecule has 1 aliphatic heterocycles. The lowest BCUT2D eigenvalue weighted by Gasteiger charge is -2.11. The van der Waals surface area contributed by atoms with Crippen molar-refractivity contribution in [2.75, 3.05) is 19.6 Å². The summed E-state index contributed by atoms with van der Waals surface area (Å²) < 4.78 is 0. The molecule has 0 spiro atoms. The Morgan fingerprint density at radius 1 is 1.67 bits per heavy atom. The summed E-state index contributed by atoms with van der Waals surface area (Å²) in [6.07, 6.45) is 4.91. The Labute approximate surface area is 74.2 Å². The Kier molecular flexibility index (Phi) is 3.48. The monoisotopic (exact) mass is 167 g/mol. The number of likely N-dealkylation sites (tertiary alicyclic amines) is 1. The zero-order valence-electron chi connectivity index (χ0n) is 7.92. The van der Waals surface area contributed by atoms with Crippen LogP contribution in [0.25, 0.3) is 0 Å². The number of hydrogen-bond acceptors (Lipinski definition) is 2. The molecule has 0 N–H and O–H groups in total. The SMILES string of the molecule is CC(=O)/C=C/CN1CC[C@@H](C)C1. The van der Waals surface area contributed by atoms with Gasteiger partial charge in [-0.15, -0.1) is 0 Å². The van der Waals surface area contributed by atoms with Crippen LogP contribution in [0.15, 0.2) is 12.2 Å². The fourth-order valence-electron chi connectivity index (χ4n) is 1.56. The van der Waals surface area contributed by atoms with Crippen molar-refractivity contribution in [1.29, 1.82) is 0 Å². The minimum atomic E-state index is 0.141. The minimum absolute atomic E-state index is 0.141. The molecule has 1 heterocycles. The number of carbonyl (C=O) groups is 1. The maximum Gasteiger partial charge on any atom is 0.152 e. The van der Waals surface area contributed by atoms with Crippen LogP contribution in [-0.4, -0.2) is 30.3 Å². The van der Waals surface area contributed by atoms with Crippen LogP contribution in [0.3, 0.4) is 0 Å². The Bertz CT molecular complexity index is 186. The van der Waals surface area contributed by atoms with E-state index < -0.39 is 0 Å². The van der Waals surface area contributed by atoms with Gasteiger partial charge in [-0.05, 0) is 31.9 Å². The van der Waals surface area contributed by atoms with E-state index in [1.165, 1.54) is 19.5 Å². The Balaban J connectivity index is 2.20. The molecular formula is C10H17NO. The van der Waals surface area contributed by atoms with Crippen molar-refractivity contribution < 1.29 is 4.79 Å². The lowest BCUT2D eigenvalue weighted by molar-refractivity contribution is -0.112. The Hall–Kier alpha value is -0.630. The number of hydrogen-bond donors (Lipinski definition) is 0. The summed E-state index contributed by atoms with van der Waals surface area (Å²) in [6.45, 7) is 7.16. The fraction of sp³-hybridized carbons (Fsp3) is 0.700. The highest BCUT2D eigenvalue weighted by Crippen LogP contribution is 2.13. The predicted octanol–water partition coefficient (Wildman–Crippen LogP) is 1.47. The third-order valence-electron chi connectivity index (χ3n) is 2.22. The van der Waals surface area contributed by atoms with E-state index in [1.807, 2.05) is 6.08 Å². The predicted molar refractivity (Wildman–Crippen MR) is 50.0 cm³/mol. The average molecular weight is 167 g/mol. The molecule has 1 atom stereocenters. The molecule has 0 aromatic carbocycles. The summed E-state index contributed by atoms with van der Waals surface area (Å²) >= 11 is 0. The van der Waals surface area contributed by atoms with Gasteiger partial charge in [0.1, 0.15) is 0 Å². The highest BCUT2D eigenvalue weighted by molar-refractivity contribution is 5.87. The maximum atomic E-state index is 10.6. The third-order valence-corrected chi connectivity index (χ3v) is 2.22. The normalized spacial score (nSPS) is 25.3. The van der Waals surface area contributed by atoms with Crippen molar-refractivity contribution in [2.24, 2.45) is 5.92 Å². The molecule has 12 heavy (non-hydrogen) atoms. The van der Waals surface area contributed by atoms with Gasteiger partial charge in [0.25, 0.3) is 0 Å². The lowest BCUT2D eigenvalue weighted by Crippen LogP contribution is -2.20. The standard InChI is InChI=1S/C10H17NO/c1-9-5-7-11(8-9)6-3-4-10(2)12/h3-4,9H,5-8H2,1-2H3/b4-3+/t9-/m1/s1. The second kappa shape index (κ2) is 4.41. The first-order valence-electron chi connectivity index (χ1n) is 4.58. The van der Waals surface area contributed by atoms with E-state index in [4.69, 9.17) is 0 Å². The van der Waals surface area contributed by atoms with Crippen LogP contribution in [0.1, 0.15) is 20.3 Å². The Morgan fingerprint density at radius 3 is 2.92 bits per heavy atom. The minimum Gasteiger partial charge on any atom is -0.299 e. The van der Waals surface area contributed by atoms with Crippen LogP contribution in [0.5, 0.6) is 0 Å². The highest BCUT2D eigenvalue weighted by atomic mass is 16.1. The third kappa shape index (κ3) is 3.18. The smallest absolute Gasteiger partial charge is 0.152 e. The van der Waals surface area contributed by atoms with Gasteiger partial charge >= 0.3 is 0 Å². The van der Waals surface area contributed by atoms with Crippen molar-refractivity contribution in [3.8, 4) is 0 Å². The quantitative estimate of drug-likeness (QED) is 0.593. The van der Waals surface area contributed by atoms with E-state index in [9.17, 15) is 4.79 Å². The van der Waals surface area contributed by atoms with E-state index in [0.717, 1.165) is 12.5 Å². The summed E-state index contributed by atoms with van der Waals surface area (Å²) in [5.74, 6) is 0.970. The summed E-state index contributed by atoms with van der Waals surface area (Å²) in [5.41, 5.74) is 0. The van der Waals surface area contributed by atoms with Gasteiger partial charge in [0.05, 0.1) is 0 Å². The van der Waals surface area contributed by atoms with Gasteiger partial charge in [0.15, 0.2) is 5.78 Å². The van der Waals surface area contributed by atoms with Gasteiger partial charge in [-0.3, -0.25) is 9.69 Å². The van der Waals surface area contributed by atoms with Gasteiger partial charge in [0.2, 0.25) is 0 Å². The average Bonchev–Trinajstić information content (AvgIpc) is 2.35. The fourth-order valence-corrected chi connectivity index (χ4v) is 1.56. The summed E-state index contributed by atoms with van der Waals surface area (Å²) in [5, 5.41) is 0. The molecule has 0 amide bonds. The molecular weight excluding hydrogens is 150 g/mol. The van der Waals surface area contributed by atoms with Gasteiger partial charge in [-0.2, -0.15) is 0 Å². The van der Waals surface area contributed by atoms with E-state index in [1.54, 1.807) is 13.0 Å². The molecule has 1 saturated heterocycles. The van der Waals surface area contributed by atoms with E-state index in [2.05, 4.69) is 11.8 Å². The van der Waals surface area contributed by atoms with Crippen LogP contribution in [0, 0.1) is 5.92 Å². The zero-order valence-corrected chi connectivity index (χ0v) is 7.92. The molecule has 2 heteroatoms. The number of ketones is 1. The van der Waals surface area contributed by atoms with Crippen molar-refractivity contribution >= 4 is 5.78 Å². The first-order valence-corrected chi connectivity index (χ1v) is 4.58. The number of allylic oxidation sites excluding steroid dienone is 1. The molecule has 0 saturated carbocycles. The van der Waals surface area contributed by atoms with Gasteiger partial charge in [-0.1, -0.05) is 13.0 Å². The van der Waals surface area contributed by atoms with Gasteiger partial charge < -0.3 is 0 Å². The van der Waals surface area contributed by atoms with Crippen LogP contribution < -0.4 is 0 Å². The molecule has 0 aromatic rings. The van der Waals surface area contributed by atoms with Crippen molar-refractivity contribution in [3.05, 3.63) is 12.2 Å². The zero-order chi connectivity index (χ0) is 8.97. The molecule has 2 nitrogen and oxygen atoms in total. The van der Waals surface area contributed by atoms with Crippen LogP contribution >= 0.6 is 0 Å². The van der Waals surface area contributed by atoms with Crippen LogP contribution in [0.2, 0.25) is 0 Å². The molecule has 1 rings (SSSR count). The molecule has 0 radical (unpaired) electrons. The number of carbonyl (C=O) groups excluding carboxylic acids is 1. The molecule has 1 fully saturated rings. The van der Waals surface area contributed by atoms with Crippen LogP contribution in [0.4, 0.5) is 0 Å². The van der Waals surface area contributed by atoms with Gasteiger partial charge in [-0.25, -0.2) is 0 Å². The molecule has 0 bridgehead atoms. The molecule has 0 unspecified atom stereocenters. The highest BCUT2D eigenvalue weighted by Gasteiger charge is 2.16. The molecule has 68 valence electrons. The van der Waals surface area contributed by atoms with Crippen LogP contribution in [-0.2, 0) is 4.79 Å². The van der Waals surface area contributed by atoms with Gasteiger partial charge in [0, 0.05) is 13.1 Å². The maximum absolute atomic E-state index is 10.6. The largest absolute Gasteiger partial charge is 0.299 e. The lowest BCUT2D eigenvalue weighted by atomic mass is 10.2. The second-order valence-electron chi connectivity index (χ2n) is 3.67. The number of rotatable bonds is 3. The first-order chi connectivity index (χ1) is 5.68. The Morgan fingerprint density at radius 2 is 2.42 bits per heavy atom. The topological polar surface area (TPSA) is 20.3 Å². The molecule has 0 aromatic heterocycles. The van der Waals surface area contributed by atoms with Crippen molar-refractivity contribution in [2.45, 2.75) is 20.3 Å². The van der Waals surface area contributed by atoms with E-state index in [0.29, 0.717) is 0 Å². The number of nitrogens with zero attached hydrogens (tertiary/aromatic N) is 1. The van der Waals surface area contributed by atoms with Crippen molar-refractivity contribution in [3.63, 3.8) is 0 Å². The summed E-state index contributed by atoms with van der Waals surface area (Å²) in [7, 11) is 0. The first kappa shape index (κ1) is 9.46. The van der Waals surface area contributed by atoms with Crippen molar-refractivity contribution in [1.82, 2.24) is 4.90 Å². The van der Waals surface area contributed by atoms with E-state index >= 15 is 0 Å². The summed E-state index contributed by atoms with van der Waals surface area (Å²) in [6, 6.07) is 0. The second-order valence-corrected chi connectivity index (χ2v) is 3.67.